The maximum atomic E-state index is 6.03. The summed E-state index contributed by atoms with van der Waals surface area (Å²) < 4.78 is 4.79. The van der Waals surface area contributed by atoms with Crippen molar-refractivity contribution in [2.75, 3.05) is 0 Å². The molecule has 8 rings (SSSR count). The lowest BCUT2D eigenvalue weighted by molar-refractivity contribution is 0.465. The van der Waals surface area contributed by atoms with Crippen LogP contribution >= 0.6 is 23.2 Å². The number of hydrogen-bond donors (Lipinski definition) is 1. The lowest BCUT2D eigenvalue weighted by Gasteiger charge is -2.12. The highest BCUT2D eigenvalue weighted by molar-refractivity contribution is 6.31. The number of halogens is 2. The third kappa shape index (κ3) is 3.73. The van der Waals surface area contributed by atoms with E-state index in [9.17, 15) is 0 Å². The van der Waals surface area contributed by atoms with Crippen molar-refractivity contribution in [2.45, 2.75) is 70.1 Å². The number of benzene rings is 2. The van der Waals surface area contributed by atoms with E-state index in [-0.39, 0.29) is 1.43 Å². The Hall–Kier alpha value is -2.08. The van der Waals surface area contributed by atoms with Gasteiger partial charge in [0.15, 0.2) is 0 Å². The topological polar surface area (TPSA) is 47.7 Å². The summed E-state index contributed by atoms with van der Waals surface area (Å²) in [5.74, 6) is 4.22. The van der Waals surface area contributed by atoms with Crippen LogP contribution in [-0.2, 0) is 25.9 Å². The zero-order valence-electron chi connectivity index (χ0n) is 19.2. The molecule has 7 heteroatoms. The van der Waals surface area contributed by atoms with Gasteiger partial charge in [-0.2, -0.15) is 0 Å². The molecule has 4 aromatic rings. The van der Waals surface area contributed by atoms with Crippen LogP contribution in [0.4, 0.5) is 0 Å². The number of imidazole rings is 2. The number of hydrogen-bond acceptors (Lipinski definition) is 3. The van der Waals surface area contributed by atoms with Crippen LogP contribution in [0.3, 0.4) is 0 Å². The van der Waals surface area contributed by atoms with Crippen molar-refractivity contribution in [3.8, 4) is 0 Å². The second-order valence-corrected chi connectivity index (χ2v) is 11.5. The highest BCUT2D eigenvalue weighted by atomic mass is 35.5. The Labute approximate surface area is 210 Å². The number of nitrogens with one attached hydrogen (secondary N) is 1. The third-order valence-corrected chi connectivity index (χ3v) is 8.78. The smallest absolute Gasteiger partial charge is 0.111 e. The summed E-state index contributed by atoms with van der Waals surface area (Å²) in [5, 5.41) is 5.23. The van der Waals surface area contributed by atoms with E-state index in [1.54, 1.807) is 0 Å². The summed E-state index contributed by atoms with van der Waals surface area (Å²) in [4.78, 5) is 9.50. The Morgan fingerprint density at radius 3 is 2.09 bits per heavy atom. The lowest BCUT2D eigenvalue weighted by atomic mass is 10.0. The average molecular weight is 496 g/mol. The van der Waals surface area contributed by atoms with Crippen molar-refractivity contribution in [3.05, 3.63) is 58.1 Å². The molecule has 2 fully saturated rings. The number of fused-ring (bicyclic) bond motifs is 10. The lowest BCUT2D eigenvalue weighted by Crippen LogP contribution is -2.30. The van der Waals surface area contributed by atoms with Gasteiger partial charge in [-0.1, -0.05) is 23.2 Å². The number of aromatic nitrogens is 4. The molecule has 0 amide bonds. The maximum absolute atomic E-state index is 6.03. The van der Waals surface area contributed by atoms with Crippen LogP contribution in [0.15, 0.2) is 36.4 Å². The largest absolute Gasteiger partial charge is 0.328 e. The van der Waals surface area contributed by atoms with Crippen LogP contribution in [0, 0.1) is 11.8 Å². The fourth-order valence-corrected chi connectivity index (χ4v) is 7.05. The van der Waals surface area contributed by atoms with Gasteiger partial charge in [0.2, 0.25) is 0 Å². The van der Waals surface area contributed by atoms with E-state index in [0.717, 1.165) is 58.8 Å². The Bertz CT molecular complexity index is 1290. The van der Waals surface area contributed by atoms with Crippen molar-refractivity contribution in [3.63, 3.8) is 0 Å². The molecule has 2 aromatic heterocycles. The standard InChI is InChI=1S/C14H15ClN2.C13H14ClN3.H2/c15-11-3-4-13-12(7-11)16-14-6-9-1-2-10(5-9)8-17(13)14;14-8-1-4-12-11(5-8)16-13-6-9-2-3-10(15-9)7-17(12)13;/h3-4,7,9-10H,1-2,5-6,8H2;1,4-5,9-10,15H,2-3,6-7H2;1H. The van der Waals surface area contributed by atoms with Crippen LogP contribution in [0.1, 0.15) is 45.2 Å². The van der Waals surface area contributed by atoms with Crippen molar-refractivity contribution >= 4 is 45.3 Å². The summed E-state index contributed by atoms with van der Waals surface area (Å²) in [6, 6.07) is 13.3. The molecule has 3 aliphatic heterocycles. The first-order valence-electron chi connectivity index (χ1n) is 12.6. The monoisotopic (exact) mass is 495 g/mol. The van der Waals surface area contributed by atoms with E-state index >= 15 is 0 Å². The van der Waals surface area contributed by atoms with Crippen LogP contribution in [0.25, 0.3) is 22.1 Å². The van der Waals surface area contributed by atoms with Gasteiger partial charge in [-0.3, -0.25) is 0 Å². The van der Waals surface area contributed by atoms with E-state index in [4.69, 9.17) is 33.2 Å². The quantitative estimate of drug-likeness (QED) is 0.312. The fraction of sp³-hybridized carbons (Fsp3) is 0.481. The first-order valence-corrected chi connectivity index (χ1v) is 13.4. The van der Waals surface area contributed by atoms with Crippen molar-refractivity contribution in [1.82, 2.24) is 24.4 Å². The first-order chi connectivity index (χ1) is 16.6. The maximum Gasteiger partial charge on any atom is 0.111 e. The SMILES string of the molecule is Clc1ccc2c(c1)nc1n2CC2CCC(C1)C2.Clc1ccc2c(c1)nc1n2CC2CCC(C1)N2.[HH]. The predicted octanol–water partition coefficient (Wildman–Crippen LogP) is 6.27. The molecule has 0 radical (unpaired) electrons. The molecule has 4 unspecified atom stereocenters. The van der Waals surface area contributed by atoms with E-state index < -0.39 is 0 Å². The van der Waals surface area contributed by atoms with E-state index in [2.05, 4.69) is 26.6 Å². The van der Waals surface area contributed by atoms with E-state index in [0.29, 0.717) is 12.1 Å². The molecule has 4 aliphatic rings. The molecule has 178 valence electrons. The zero-order valence-corrected chi connectivity index (χ0v) is 20.7. The molecule has 2 aromatic carbocycles. The van der Waals surface area contributed by atoms with Crippen LogP contribution in [0.2, 0.25) is 10.0 Å². The van der Waals surface area contributed by atoms with Gasteiger partial charge in [0.1, 0.15) is 11.6 Å². The molecule has 0 spiro atoms. The Morgan fingerprint density at radius 2 is 1.35 bits per heavy atom. The minimum Gasteiger partial charge on any atom is -0.328 e. The summed E-state index contributed by atoms with van der Waals surface area (Å²) in [6.07, 6.45) is 8.97. The second kappa shape index (κ2) is 8.25. The highest BCUT2D eigenvalue weighted by Crippen LogP contribution is 2.38. The molecule has 5 heterocycles. The molecule has 1 saturated carbocycles. The van der Waals surface area contributed by atoms with Crippen molar-refractivity contribution < 1.29 is 1.43 Å². The summed E-state index contributed by atoms with van der Waals surface area (Å²) in [6.45, 7) is 2.20. The molecule has 1 aliphatic carbocycles. The number of rotatable bonds is 0. The highest BCUT2D eigenvalue weighted by Gasteiger charge is 2.31. The van der Waals surface area contributed by atoms with Crippen LogP contribution in [-0.4, -0.2) is 31.2 Å². The fourth-order valence-electron chi connectivity index (χ4n) is 6.72. The van der Waals surface area contributed by atoms with Gasteiger partial charge in [0.25, 0.3) is 0 Å². The van der Waals surface area contributed by atoms with Gasteiger partial charge in [-0.15, -0.1) is 0 Å². The van der Waals surface area contributed by atoms with Gasteiger partial charge in [-0.05, 0) is 80.3 Å². The molecular weight excluding hydrogens is 465 g/mol. The van der Waals surface area contributed by atoms with Crippen LogP contribution in [0.5, 0.6) is 0 Å². The molecule has 4 atom stereocenters. The van der Waals surface area contributed by atoms with Crippen LogP contribution < -0.4 is 5.32 Å². The van der Waals surface area contributed by atoms with Crippen molar-refractivity contribution in [1.29, 1.82) is 0 Å². The van der Waals surface area contributed by atoms with Gasteiger partial charge < -0.3 is 14.5 Å². The van der Waals surface area contributed by atoms with E-state index in [1.807, 2.05) is 24.3 Å². The predicted molar refractivity (Wildman–Crippen MR) is 140 cm³/mol. The summed E-state index contributed by atoms with van der Waals surface area (Å²) in [7, 11) is 0. The molecule has 5 nitrogen and oxygen atoms in total. The van der Waals surface area contributed by atoms with Crippen molar-refractivity contribution in [2.24, 2.45) is 11.8 Å². The Morgan fingerprint density at radius 1 is 0.735 bits per heavy atom. The summed E-state index contributed by atoms with van der Waals surface area (Å²) >= 11 is 12.1. The van der Waals surface area contributed by atoms with Gasteiger partial charge in [0.05, 0.1) is 22.1 Å². The summed E-state index contributed by atoms with van der Waals surface area (Å²) in [5.41, 5.74) is 4.58. The third-order valence-electron chi connectivity index (χ3n) is 8.31. The average Bonchev–Trinajstić information content (AvgIpc) is 3.52. The van der Waals surface area contributed by atoms with Gasteiger partial charge in [0, 0.05) is 49.5 Å². The van der Waals surface area contributed by atoms with Gasteiger partial charge >= 0.3 is 0 Å². The molecule has 4 bridgehead atoms. The minimum atomic E-state index is 0. The molecule has 1 saturated heterocycles. The second-order valence-electron chi connectivity index (χ2n) is 10.6. The minimum absolute atomic E-state index is 0. The first kappa shape index (κ1) is 21.2. The zero-order chi connectivity index (χ0) is 22.8. The Balaban J connectivity index is 0.000000127. The van der Waals surface area contributed by atoms with E-state index in [1.165, 1.54) is 54.8 Å². The molecule has 34 heavy (non-hydrogen) atoms. The molecule has 1 N–H and O–H groups in total. The normalized spacial score (nSPS) is 27.1. The Kier molecular flexibility index (Phi) is 5.15. The number of nitrogens with zero attached hydrogens (tertiary/aromatic N) is 4. The molecular formula is C27H31Cl2N5. The van der Waals surface area contributed by atoms with Gasteiger partial charge in [-0.25, -0.2) is 9.97 Å².